The molecule has 0 unspecified atom stereocenters. The van der Waals surface area contributed by atoms with Crippen molar-refractivity contribution in [3.05, 3.63) is 42.2 Å². The number of aromatic nitrogens is 3. The van der Waals surface area contributed by atoms with E-state index in [0.717, 1.165) is 24.2 Å². The van der Waals surface area contributed by atoms with Crippen molar-refractivity contribution in [1.29, 1.82) is 0 Å². The van der Waals surface area contributed by atoms with Crippen LogP contribution in [0.1, 0.15) is 23.1 Å². The van der Waals surface area contributed by atoms with E-state index in [1.165, 1.54) is 0 Å². The first-order valence-electron chi connectivity index (χ1n) is 4.78. The highest BCUT2D eigenvalue weighted by atomic mass is 16.1. The van der Waals surface area contributed by atoms with Crippen molar-refractivity contribution in [2.45, 2.75) is 13.3 Å². The number of rotatable bonds is 3. The average molecular weight is 201 g/mol. The molecule has 0 aliphatic rings. The minimum absolute atomic E-state index is 0.623. The van der Waals surface area contributed by atoms with E-state index in [9.17, 15) is 4.79 Å². The highest BCUT2D eigenvalue weighted by molar-refractivity contribution is 5.80. The number of carbonyl (C=O) groups excluding carboxylic acids is 1. The number of nitrogens with zero attached hydrogens (tertiary/aromatic N) is 3. The summed E-state index contributed by atoms with van der Waals surface area (Å²) in [5, 5.41) is 0. The SMILES string of the molecule is CCc1nccn1-c1cnccc1C=O. The third-order valence-electron chi connectivity index (χ3n) is 2.25. The van der Waals surface area contributed by atoms with E-state index in [4.69, 9.17) is 0 Å². The molecule has 0 saturated carbocycles. The number of carbonyl (C=O) groups is 1. The molecule has 2 aromatic rings. The molecule has 2 heterocycles. The predicted molar refractivity (Wildman–Crippen MR) is 56.1 cm³/mol. The first kappa shape index (κ1) is 9.58. The van der Waals surface area contributed by atoms with E-state index in [-0.39, 0.29) is 0 Å². The van der Waals surface area contributed by atoms with Gasteiger partial charge in [-0.3, -0.25) is 9.78 Å². The van der Waals surface area contributed by atoms with Crippen LogP contribution in [0.4, 0.5) is 0 Å². The highest BCUT2D eigenvalue weighted by Crippen LogP contribution is 2.13. The van der Waals surface area contributed by atoms with Gasteiger partial charge in [0.2, 0.25) is 0 Å². The number of aldehydes is 1. The van der Waals surface area contributed by atoms with Gasteiger partial charge in [0.1, 0.15) is 5.82 Å². The summed E-state index contributed by atoms with van der Waals surface area (Å²) in [6.45, 7) is 2.02. The van der Waals surface area contributed by atoms with E-state index in [1.807, 2.05) is 17.7 Å². The smallest absolute Gasteiger partial charge is 0.152 e. The first-order valence-corrected chi connectivity index (χ1v) is 4.78. The van der Waals surface area contributed by atoms with Crippen molar-refractivity contribution in [2.24, 2.45) is 0 Å². The van der Waals surface area contributed by atoms with Crippen LogP contribution in [-0.4, -0.2) is 20.8 Å². The Bertz CT molecular complexity index is 476. The lowest BCUT2D eigenvalue weighted by molar-refractivity contribution is 0.112. The summed E-state index contributed by atoms with van der Waals surface area (Å²) < 4.78 is 1.89. The molecule has 0 bridgehead atoms. The van der Waals surface area contributed by atoms with Crippen LogP contribution in [0.25, 0.3) is 5.69 Å². The molecule has 2 aromatic heterocycles. The van der Waals surface area contributed by atoms with Crippen molar-refractivity contribution in [1.82, 2.24) is 14.5 Å². The van der Waals surface area contributed by atoms with Gasteiger partial charge >= 0.3 is 0 Å². The molecule has 0 radical (unpaired) electrons. The monoisotopic (exact) mass is 201 g/mol. The lowest BCUT2D eigenvalue weighted by Crippen LogP contribution is -2.02. The summed E-state index contributed by atoms with van der Waals surface area (Å²) in [5.41, 5.74) is 1.40. The van der Waals surface area contributed by atoms with Gasteiger partial charge in [-0.05, 0) is 6.07 Å². The Morgan fingerprint density at radius 1 is 1.47 bits per heavy atom. The average Bonchev–Trinajstić information content (AvgIpc) is 2.76. The van der Waals surface area contributed by atoms with Crippen LogP contribution in [0.5, 0.6) is 0 Å². The van der Waals surface area contributed by atoms with Gasteiger partial charge in [-0.25, -0.2) is 4.98 Å². The maximum Gasteiger partial charge on any atom is 0.152 e. The van der Waals surface area contributed by atoms with Gasteiger partial charge in [0.25, 0.3) is 0 Å². The molecular weight excluding hydrogens is 190 g/mol. The molecule has 0 fully saturated rings. The number of imidazole rings is 1. The van der Waals surface area contributed by atoms with Gasteiger partial charge in [-0.15, -0.1) is 0 Å². The van der Waals surface area contributed by atoms with Crippen molar-refractivity contribution in [3.63, 3.8) is 0 Å². The second kappa shape index (κ2) is 4.04. The second-order valence-electron chi connectivity index (χ2n) is 3.12. The Morgan fingerprint density at radius 3 is 3.07 bits per heavy atom. The zero-order valence-corrected chi connectivity index (χ0v) is 8.42. The van der Waals surface area contributed by atoms with Crippen LogP contribution in [0.15, 0.2) is 30.9 Å². The summed E-state index contributed by atoms with van der Waals surface area (Å²) >= 11 is 0. The number of hydrogen-bond acceptors (Lipinski definition) is 3. The van der Waals surface area contributed by atoms with Crippen molar-refractivity contribution < 1.29 is 4.79 Å². The van der Waals surface area contributed by atoms with Crippen molar-refractivity contribution >= 4 is 6.29 Å². The number of pyridine rings is 1. The number of hydrogen-bond donors (Lipinski definition) is 0. The Kier molecular flexibility index (Phi) is 2.58. The molecule has 4 heteroatoms. The van der Waals surface area contributed by atoms with Crippen LogP contribution >= 0.6 is 0 Å². The summed E-state index contributed by atoms with van der Waals surface area (Å²) in [6.07, 6.45) is 8.49. The topological polar surface area (TPSA) is 47.8 Å². The Hall–Kier alpha value is -1.97. The van der Waals surface area contributed by atoms with Gasteiger partial charge in [-0.1, -0.05) is 6.92 Å². The summed E-state index contributed by atoms with van der Waals surface area (Å²) in [5.74, 6) is 0.922. The van der Waals surface area contributed by atoms with Crippen molar-refractivity contribution in [3.8, 4) is 5.69 Å². The van der Waals surface area contributed by atoms with Crippen LogP contribution in [0, 0.1) is 0 Å². The standard InChI is InChI=1S/C11H11N3O/c1-2-11-13-5-6-14(11)10-7-12-4-3-9(10)8-15/h3-8H,2H2,1H3. The molecule has 0 aliphatic heterocycles. The van der Waals surface area contributed by atoms with Gasteiger partial charge in [0, 0.05) is 30.6 Å². The molecule has 15 heavy (non-hydrogen) atoms. The molecule has 0 aliphatic carbocycles. The van der Waals surface area contributed by atoms with Crippen LogP contribution < -0.4 is 0 Å². The van der Waals surface area contributed by atoms with E-state index in [1.54, 1.807) is 24.7 Å². The molecule has 2 rings (SSSR count). The summed E-state index contributed by atoms with van der Waals surface area (Å²) in [6, 6.07) is 1.70. The minimum Gasteiger partial charge on any atom is -0.301 e. The number of aryl methyl sites for hydroxylation is 1. The van der Waals surface area contributed by atoms with Crippen LogP contribution in [-0.2, 0) is 6.42 Å². The van der Waals surface area contributed by atoms with Crippen LogP contribution in [0.2, 0.25) is 0 Å². The molecule has 0 spiro atoms. The maximum atomic E-state index is 10.9. The molecule has 0 N–H and O–H groups in total. The fourth-order valence-electron chi connectivity index (χ4n) is 1.51. The summed E-state index contributed by atoms with van der Waals surface area (Å²) in [4.78, 5) is 19.1. The van der Waals surface area contributed by atoms with Gasteiger partial charge in [0.05, 0.1) is 11.9 Å². The third kappa shape index (κ3) is 1.66. The normalized spacial score (nSPS) is 10.2. The maximum absolute atomic E-state index is 10.9. The fraction of sp³-hybridized carbons (Fsp3) is 0.182. The predicted octanol–water partition coefficient (Wildman–Crippen LogP) is 1.64. The quantitative estimate of drug-likeness (QED) is 0.709. The lowest BCUT2D eigenvalue weighted by Gasteiger charge is -2.07. The van der Waals surface area contributed by atoms with Gasteiger partial charge < -0.3 is 4.57 Å². The third-order valence-corrected chi connectivity index (χ3v) is 2.25. The summed E-state index contributed by atoms with van der Waals surface area (Å²) in [7, 11) is 0. The van der Waals surface area contributed by atoms with E-state index in [0.29, 0.717) is 5.56 Å². The zero-order valence-electron chi connectivity index (χ0n) is 8.42. The van der Waals surface area contributed by atoms with Gasteiger partial charge in [-0.2, -0.15) is 0 Å². The Morgan fingerprint density at radius 2 is 2.33 bits per heavy atom. The molecule has 0 aromatic carbocycles. The Balaban J connectivity index is 2.58. The molecule has 4 nitrogen and oxygen atoms in total. The molecular formula is C11H11N3O. The fourth-order valence-corrected chi connectivity index (χ4v) is 1.51. The zero-order chi connectivity index (χ0) is 10.7. The first-order chi connectivity index (χ1) is 7.36. The van der Waals surface area contributed by atoms with E-state index in [2.05, 4.69) is 9.97 Å². The molecule has 0 atom stereocenters. The van der Waals surface area contributed by atoms with E-state index < -0.39 is 0 Å². The van der Waals surface area contributed by atoms with Gasteiger partial charge in [0.15, 0.2) is 6.29 Å². The largest absolute Gasteiger partial charge is 0.301 e. The lowest BCUT2D eigenvalue weighted by atomic mass is 10.2. The molecule has 0 saturated heterocycles. The minimum atomic E-state index is 0.623. The second-order valence-corrected chi connectivity index (χ2v) is 3.12. The van der Waals surface area contributed by atoms with Crippen molar-refractivity contribution in [2.75, 3.05) is 0 Å². The molecule has 0 amide bonds. The molecule has 76 valence electrons. The van der Waals surface area contributed by atoms with E-state index >= 15 is 0 Å². The van der Waals surface area contributed by atoms with Crippen LogP contribution in [0.3, 0.4) is 0 Å². The highest BCUT2D eigenvalue weighted by Gasteiger charge is 2.07. The Labute approximate surface area is 87.6 Å².